The van der Waals surface area contributed by atoms with Crippen LogP contribution in [-0.2, 0) is 16.2 Å². The Labute approximate surface area is 132 Å². The van der Waals surface area contributed by atoms with Crippen LogP contribution in [0.5, 0.6) is 0 Å². The lowest BCUT2D eigenvalue weighted by Crippen LogP contribution is -2.38. The van der Waals surface area contributed by atoms with Gasteiger partial charge in [-0.3, -0.25) is 0 Å². The molecule has 0 aliphatic carbocycles. The van der Waals surface area contributed by atoms with Crippen molar-refractivity contribution in [2.75, 3.05) is 24.2 Å². The minimum Gasteiger partial charge on any atom is -0.367 e. The van der Waals surface area contributed by atoms with Gasteiger partial charge in [0.05, 0.1) is 22.9 Å². The zero-order chi connectivity index (χ0) is 17.3. The van der Waals surface area contributed by atoms with Gasteiger partial charge in [0.1, 0.15) is 0 Å². The molecule has 1 aliphatic heterocycles. The summed E-state index contributed by atoms with van der Waals surface area (Å²) in [6, 6.07) is 4.62. The molecule has 1 heterocycles. The predicted octanol–water partition coefficient (Wildman–Crippen LogP) is 2.10. The third-order valence-electron chi connectivity index (χ3n) is 3.86. The maximum atomic E-state index is 13.0. The van der Waals surface area contributed by atoms with Crippen LogP contribution in [0.3, 0.4) is 0 Å². The third-order valence-corrected chi connectivity index (χ3v) is 5.31. The summed E-state index contributed by atoms with van der Waals surface area (Å²) < 4.78 is 64.8. The number of anilines is 1. The van der Waals surface area contributed by atoms with E-state index in [4.69, 9.17) is 5.26 Å². The number of halogens is 3. The van der Waals surface area contributed by atoms with E-state index in [0.717, 1.165) is 12.1 Å². The maximum absolute atomic E-state index is 13.0. The molecule has 23 heavy (non-hydrogen) atoms. The number of hydrogen-bond donors (Lipinski definition) is 1. The van der Waals surface area contributed by atoms with Crippen LogP contribution in [0.15, 0.2) is 18.2 Å². The summed E-state index contributed by atoms with van der Waals surface area (Å²) >= 11 is 0. The first-order valence-electron chi connectivity index (χ1n) is 6.97. The number of sulfonamides is 1. The molecule has 0 saturated carbocycles. The van der Waals surface area contributed by atoms with E-state index in [-0.39, 0.29) is 17.5 Å². The normalized spacial score (nSPS) is 18.9. The summed E-state index contributed by atoms with van der Waals surface area (Å²) in [6.07, 6.45) is -3.35. The molecule has 1 N–H and O–H groups in total. The molecule has 0 radical (unpaired) electrons. The van der Waals surface area contributed by atoms with Crippen LogP contribution in [0, 0.1) is 11.3 Å². The Bertz CT molecular complexity index is 726. The topological polar surface area (TPSA) is 73.2 Å². The minimum atomic E-state index is -4.63. The highest BCUT2D eigenvalue weighted by Crippen LogP contribution is 2.36. The summed E-state index contributed by atoms with van der Waals surface area (Å²) in [7, 11) is -2.16. The molecule has 5 nitrogen and oxygen atoms in total. The van der Waals surface area contributed by atoms with Crippen LogP contribution in [0.1, 0.15) is 24.0 Å². The number of nitriles is 1. The smallest absolute Gasteiger partial charge is 0.367 e. The molecule has 9 heteroatoms. The molecule has 1 saturated heterocycles. The second-order valence-electron chi connectivity index (χ2n) is 5.31. The molecule has 0 amide bonds. The van der Waals surface area contributed by atoms with Gasteiger partial charge in [-0.1, -0.05) is 0 Å². The molecule has 0 unspecified atom stereocenters. The Morgan fingerprint density at radius 1 is 1.43 bits per heavy atom. The Morgan fingerprint density at radius 3 is 2.70 bits per heavy atom. The van der Waals surface area contributed by atoms with Gasteiger partial charge in [0.15, 0.2) is 0 Å². The van der Waals surface area contributed by atoms with Gasteiger partial charge < -0.3 is 4.90 Å². The quantitative estimate of drug-likeness (QED) is 0.905. The van der Waals surface area contributed by atoms with E-state index in [1.165, 1.54) is 19.2 Å². The van der Waals surface area contributed by atoms with E-state index in [9.17, 15) is 21.6 Å². The molecule has 2 rings (SSSR count). The van der Waals surface area contributed by atoms with Crippen molar-refractivity contribution in [1.82, 2.24) is 4.72 Å². The first-order chi connectivity index (χ1) is 10.7. The molecular weight excluding hydrogens is 331 g/mol. The number of rotatable bonds is 4. The standard InChI is InChI=1S/C14H16F3N3O2S/c1-19-23(21,22)9-12-3-2-6-20(12)11-5-4-10(8-18)13(7-11)14(15,16)17/h4-5,7,12,19H,2-3,6,9H2,1H3/t12-/m0/s1. The van der Waals surface area contributed by atoms with E-state index in [1.54, 1.807) is 4.90 Å². The zero-order valence-corrected chi connectivity index (χ0v) is 13.2. The average molecular weight is 347 g/mol. The van der Waals surface area contributed by atoms with Crippen molar-refractivity contribution in [3.8, 4) is 6.07 Å². The monoisotopic (exact) mass is 347 g/mol. The van der Waals surface area contributed by atoms with E-state index in [1.807, 2.05) is 0 Å². The van der Waals surface area contributed by atoms with Crippen molar-refractivity contribution in [1.29, 1.82) is 5.26 Å². The van der Waals surface area contributed by atoms with Crippen molar-refractivity contribution in [3.05, 3.63) is 29.3 Å². The van der Waals surface area contributed by atoms with E-state index < -0.39 is 27.3 Å². The Hall–Kier alpha value is -1.79. The van der Waals surface area contributed by atoms with Crippen molar-refractivity contribution in [2.24, 2.45) is 0 Å². The molecule has 1 aromatic carbocycles. The first-order valence-corrected chi connectivity index (χ1v) is 8.62. The van der Waals surface area contributed by atoms with E-state index >= 15 is 0 Å². The molecule has 126 valence electrons. The van der Waals surface area contributed by atoms with Crippen molar-refractivity contribution < 1.29 is 21.6 Å². The van der Waals surface area contributed by atoms with Gasteiger partial charge in [-0.05, 0) is 38.1 Å². The zero-order valence-electron chi connectivity index (χ0n) is 12.4. The van der Waals surface area contributed by atoms with Crippen LogP contribution in [0.2, 0.25) is 0 Å². The summed E-state index contributed by atoms with van der Waals surface area (Å²) in [5.41, 5.74) is -1.16. The van der Waals surface area contributed by atoms with Crippen molar-refractivity contribution in [3.63, 3.8) is 0 Å². The van der Waals surface area contributed by atoms with Gasteiger partial charge in [-0.25, -0.2) is 13.1 Å². The molecule has 1 atom stereocenters. The summed E-state index contributed by atoms with van der Waals surface area (Å²) in [4.78, 5) is 1.66. The lowest BCUT2D eigenvalue weighted by atomic mass is 10.1. The van der Waals surface area contributed by atoms with Crippen LogP contribution in [0.4, 0.5) is 18.9 Å². The van der Waals surface area contributed by atoms with Gasteiger partial charge in [0.25, 0.3) is 0 Å². The van der Waals surface area contributed by atoms with Crippen LogP contribution in [-0.4, -0.2) is 33.8 Å². The summed E-state index contributed by atoms with van der Waals surface area (Å²) in [6.45, 7) is 0.479. The molecular formula is C14H16F3N3O2S. The lowest BCUT2D eigenvalue weighted by molar-refractivity contribution is -0.137. The molecule has 1 fully saturated rings. The van der Waals surface area contributed by atoms with E-state index in [2.05, 4.69) is 4.72 Å². The number of nitrogens with zero attached hydrogens (tertiary/aromatic N) is 2. The van der Waals surface area contributed by atoms with Crippen molar-refractivity contribution >= 4 is 15.7 Å². The summed E-state index contributed by atoms with van der Waals surface area (Å²) in [5, 5.41) is 8.82. The van der Waals surface area contributed by atoms with Gasteiger partial charge in [-0.15, -0.1) is 0 Å². The number of alkyl halides is 3. The van der Waals surface area contributed by atoms with Gasteiger partial charge in [0, 0.05) is 18.3 Å². The third kappa shape index (κ3) is 3.95. The van der Waals surface area contributed by atoms with E-state index in [0.29, 0.717) is 19.4 Å². The highest BCUT2D eigenvalue weighted by molar-refractivity contribution is 7.89. The average Bonchev–Trinajstić information content (AvgIpc) is 2.93. The number of nitrogens with one attached hydrogen (secondary N) is 1. The second-order valence-corrected chi connectivity index (χ2v) is 7.29. The van der Waals surface area contributed by atoms with Crippen LogP contribution in [0.25, 0.3) is 0 Å². The fourth-order valence-corrected chi connectivity index (χ4v) is 3.75. The maximum Gasteiger partial charge on any atom is 0.417 e. The largest absolute Gasteiger partial charge is 0.417 e. The minimum absolute atomic E-state index is 0.176. The van der Waals surface area contributed by atoms with Gasteiger partial charge in [0.2, 0.25) is 10.0 Å². The fraction of sp³-hybridized carbons (Fsp3) is 0.500. The molecule has 1 aliphatic rings. The molecule has 0 spiro atoms. The first kappa shape index (κ1) is 17.6. The Morgan fingerprint density at radius 2 is 2.13 bits per heavy atom. The Balaban J connectivity index is 2.36. The Kier molecular flexibility index (Phi) is 4.87. The van der Waals surface area contributed by atoms with Crippen molar-refractivity contribution in [2.45, 2.75) is 25.1 Å². The molecule has 0 aromatic heterocycles. The SMILES string of the molecule is CNS(=O)(=O)C[C@@H]1CCCN1c1ccc(C#N)c(C(F)(F)F)c1. The molecule has 0 bridgehead atoms. The predicted molar refractivity (Wildman–Crippen MR) is 79.4 cm³/mol. The van der Waals surface area contributed by atoms with Crippen LogP contribution >= 0.6 is 0 Å². The highest BCUT2D eigenvalue weighted by atomic mass is 32.2. The van der Waals surface area contributed by atoms with Crippen LogP contribution < -0.4 is 9.62 Å². The second kappa shape index (κ2) is 6.37. The molecule has 1 aromatic rings. The fourth-order valence-electron chi connectivity index (χ4n) is 2.73. The summed E-state index contributed by atoms with van der Waals surface area (Å²) in [5.74, 6) is -0.176. The number of benzene rings is 1. The van der Waals surface area contributed by atoms with Gasteiger partial charge in [-0.2, -0.15) is 18.4 Å². The number of hydrogen-bond acceptors (Lipinski definition) is 4. The highest BCUT2D eigenvalue weighted by Gasteiger charge is 2.35. The lowest BCUT2D eigenvalue weighted by Gasteiger charge is -2.27. The van der Waals surface area contributed by atoms with Gasteiger partial charge >= 0.3 is 6.18 Å².